The van der Waals surface area contributed by atoms with Gasteiger partial charge >= 0.3 is 0 Å². The van der Waals surface area contributed by atoms with Crippen LogP contribution in [-0.4, -0.2) is 4.98 Å². The second-order valence-electron chi connectivity index (χ2n) is 4.42. The van der Waals surface area contributed by atoms with Gasteiger partial charge in [-0.15, -0.1) is 11.3 Å². The number of benzene rings is 2. The molecular weight excluding hydrogens is 349 g/mol. The summed E-state index contributed by atoms with van der Waals surface area (Å²) >= 11 is 13.1. The van der Waals surface area contributed by atoms with Crippen LogP contribution in [0.25, 0.3) is 11.3 Å². The molecule has 0 fully saturated rings. The first kappa shape index (κ1) is 15.2. The summed E-state index contributed by atoms with van der Waals surface area (Å²) in [7, 11) is 0. The fourth-order valence-corrected chi connectivity index (χ4v) is 2.88. The molecule has 2 nitrogen and oxygen atoms in total. The number of anilines is 2. The van der Waals surface area contributed by atoms with Crippen molar-refractivity contribution in [2.75, 3.05) is 5.32 Å². The van der Waals surface area contributed by atoms with Gasteiger partial charge in [-0.25, -0.2) is 13.8 Å². The highest BCUT2D eigenvalue weighted by atomic mass is 35.5. The monoisotopic (exact) mass is 356 g/mol. The van der Waals surface area contributed by atoms with E-state index in [1.165, 1.54) is 23.5 Å². The van der Waals surface area contributed by atoms with Gasteiger partial charge in [-0.2, -0.15) is 0 Å². The minimum Gasteiger partial charge on any atom is -0.331 e. The molecule has 0 aliphatic rings. The van der Waals surface area contributed by atoms with Gasteiger partial charge in [0.2, 0.25) is 0 Å². The first-order valence-electron chi connectivity index (χ1n) is 6.16. The van der Waals surface area contributed by atoms with Gasteiger partial charge in [0.1, 0.15) is 11.6 Å². The Bertz CT molecular complexity index is 836. The summed E-state index contributed by atoms with van der Waals surface area (Å²) in [4.78, 5) is 4.29. The molecule has 0 spiro atoms. The molecule has 0 saturated carbocycles. The second-order valence-corrected chi connectivity index (χ2v) is 6.09. The maximum absolute atomic E-state index is 13.7. The highest BCUT2D eigenvalue weighted by molar-refractivity contribution is 7.14. The van der Waals surface area contributed by atoms with Crippen molar-refractivity contribution in [3.8, 4) is 11.3 Å². The third kappa shape index (κ3) is 3.21. The zero-order valence-electron chi connectivity index (χ0n) is 10.9. The molecule has 3 aromatic rings. The molecule has 7 heteroatoms. The summed E-state index contributed by atoms with van der Waals surface area (Å²) in [5.41, 5.74) is 1.40. The molecule has 0 unspecified atom stereocenters. The molecule has 0 atom stereocenters. The Kier molecular flexibility index (Phi) is 4.29. The van der Waals surface area contributed by atoms with Crippen LogP contribution in [0.3, 0.4) is 0 Å². The lowest BCUT2D eigenvalue weighted by Gasteiger charge is -2.04. The SMILES string of the molecule is Fc1ccc(-c2csc(Nc3ccc(Cl)c(Cl)c3)n2)c(F)c1. The van der Waals surface area contributed by atoms with E-state index in [0.29, 0.717) is 20.9 Å². The molecular formula is C15H8Cl2F2N2S. The van der Waals surface area contributed by atoms with Crippen LogP contribution in [0.5, 0.6) is 0 Å². The normalized spacial score (nSPS) is 10.7. The van der Waals surface area contributed by atoms with Gasteiger partial charge in [0, 0.05) is 22.7 Å². The van der Waals surface area contributed by atoms with Crippen molar-refractivity contribution in [3.63, 3.8) is 0 Å². The molecule has 0 bridgehead atoms. The van der Waals surface area contributed by atoms with Crippen molar-refractivity contribution in [1.82, 2.24) is 4.98 Å². The topological polar surface area (TPSA) is 24.9 Å². The largest absolute Gasteiger partial charge is 0.331 e. The van der Waals surface area contributed by atoms with E-state index in [1.54, 1.807) is 23.6 Å². The average Bonchev–Trinajstić information content (AvgIpc) is 2.91. The third-order valence-electron chi connectivity index (χ3n) is 2.88. The maximum atomic E-state index is 13.7. The molecule has 0 aliphatic heterocycles. The van der Waals surface area contributed by atoms with Crippen molar-refractivity contribution in [1.29, 1.82) is 0 Å². The van der Waals surface area contributed by atoms with Crippen LogP contribution in [0.4, 0.5) is 19.6 Å². The first-order valence-corrected chi connectivity index (χ1v) is 7.79. The lowest BCUT2D eigenvalue weighted by atomic mass is 10.1. The number of nitrogens with zero attached hydrogens (tertiary/aromatic N) is 1. The number of aromatic nitrogens is 1. The molecule has 0 radical (unpaired) electrons. The van der Waals surface area contributed by atoms with Crippen LogP contribution in [0.15, 0.2) is 41.8 Å². The van der Waals surface area contributed by atoms with E-state index in [9.17, 15) is 8.78 Å². The van der Waals surface area contributed by atoms with Gasteiger partial charge in [0.15, 0.2) is 5.13 Å². The standard InChI is InChI=1S/C15H8Cl2F2N2S/c16-11-4-2-9(6-12(11)17)20-15-21-14(7-22-15)10-3-1-8(18)5-13(10)19/h1-7H,(H,20,21). The molecule has 1 heterocycles. The molecule has 1 aromatic heterocycles. The van der Waals surface area contributed by atoms with Crippen molar-refractivity contribution in [3.05, 3.63) is 63.5 Å². The zero-order valence-corrected chi connectivity index (χ0v) is 13.2. The smallest absolute Gasteiger partial charge is 0.187 e. The summed E-state index contributed by atoms with van der Waals surface area (Å²) < 4.78 is 26.7. The zero-order chi connectivity index (χ0) is 15.7. The quantitative estimate of drug-likeness (QED) is 0.609. The van der Waals surface area contributed by atoms with Crippen molar-refractivity contribution >= 4 is 45.4 Å². The Morgan fingerprint density at radius 1 is 1.00 bits per heavy atom. The van der Waals surface area contributed by atoms with E-state index < -0.39 is 11.6 Å². The number of rotatable bonds is 3. The number of thiazole rings is 1. The van der Waals surface area contributed by atoms with Crippen LogP contribution in [0.1, 0.15) is 0 Å². The van der Waals surface area contributed by atoms with Crippen LogP contribution in [0, 0.1) is 11.6 Å². The summed E-state index contributed by atoms with van der Waals surface area (Å²) in [6.07, 6.45) is 0. The number of hydrogen-bond donors (Lipinski definition) is 1. The predicted octanol–water partition coefficient (Wildman–Crippen LogP) is 6.14. The number of hydrogen-bond acceptors (Lipinski definition) is 3. The van der Waals surface area contributed by atoms with Crippen LogP contribution in [-0.2, 0) is 0 Å². The first-order chi connectivity index (χ1) is 10.5. The Balaban J connectivity index is 1.85. The molecule has 1 N–H and O–H groups in total. The lowest BCUT2D eigenvalue weighted by molar-refractivity contribution is 0.585. The van der Waals surface area contributed by atoms with Crippen molar-refractivity contribution < 1.29 is 8.78 Å². The second kappa shape index (κ2) is 6.20. The average molecular weight is 357 g/mol. The van der Waals surface area contributed by atoms with E-state index in [-0.39, 0.29) is 5.56 Å². The Labute approximate surface area is 139 Å². The Hall–Kier alpha value is -1.69. The molecule has 3 rings (SSSR count). The molecule has 112 valence electrons. The van der Waals surface area contributed by atoms with Gasteiger partial charge in [0.25, 0.3) is 0 Å². The van der Waals surface area contributed by atoms with E-state index in [4.69, 9.17) is 23.2 Å². The highest BCUT2D eigenvalue weighted by Gasteiger charge is 2.11. The Morgan fingerprint density at radius 2 is 1.82 bits per heavy atom. The fourth-order valence-electron chi connectivity index (χ4n) is 1.85. The van der Waals surface area contributed by atoms with Crippen LogP contribution < -0.4 is 5.32 Å². The fraction of sp³-hybridized carbons (Fsp3) is 0. The molecule has 2 aromatic carbocycles. The summed E-state index contributed by atoms with van der Waals surface area (Å²) in [6, 6.07) is 8.49. The summed E-state index contributed by atoms with van der Waals surface area (Å²) in [6.45, 7) is 0. The number of halogens is 4. The molecule has 0 saturated heterocycles. The molecule has 0 amide bonds. The summed E-state index contributed by atoms with van der Waals surface area (Å²) in [5.74, 6) is -1.27. The van der Waals surface area contributed by atoms with Gasteiger partial charge in [-0.1, -0.05) is 23.2 Å². The minimum atomic E-state index is -0.647. The van der Waals surface area contributed by atoms with E-state index in [1.807, 2.05) is 0 Å². The Morgan fingerprint density at radius 3 is 2.55 bits per heavy atom. The van der Waals surface area contributed by atoms with E-state index >= 15 is 0 Å². The minimum absolute atomic E-state index is 0.250. The number of nitrogens with one attached hydrogen (secondary N) is 1. The molecule has 0 aliphatic carbocycles. The highest BCUT2D eigenvalue weighted by Crippen LogP contribution is 2.31. The van der Waals surface area contributed by atoms with Gasteiger partial charge in [-0.3, -0.25) is 0 Å². The van der Waals surface area contributed by atoms with E-state index in [0.717, 1.165) is 11.8 Å². The van der Waals surface area contributed by atoms with Gasteiger partial charge in [0.05, 0.1) is 15.7 Å². The van der Waals surface area contributed by atoms with Crippen LogP contribution in [0.2, 0.25) is 10.0 Å². The lowest BCUT2D eigenvalue weighted by Crippen LogP contribution is -1.91. The van der Waals surface area contributed by atoms with Crippen molar-refractivity contribution in [2.45, 2.75) is 0 Å². The van der Waals surface area contributed by atoms with E-state index in [2.05, 4.69) is 10.3 Å². The van der Waals surface area contributed by atoms with Crippen molar-refractivity contribution in [2.24, 2.45) is 0 Å². The summed E-state index contributed by atoms with van der Waals surface area (Å²) in [5, 5.41) is 6.20. The van der Waals surface area contributed by atoms with Crippen LogP contribution >= 0.6 is 34.5 Å². The maximum Gasteiger partial charge on any atom is 0.187 e. The predicted molar refractivity (Wildman–Crippen MR) is 87.2 cm³/mol. The molecule has 22 heavy (non-hydrogen) atoms. The third-order valence-corrected chi connectivity index (χ3v) is 4.38. The van der Waals surface area contributed by atoms with Gasteiger partial charge < -0.3 is 5.32 Å². The van der Waals surface area contributed by atoms with Gasteiger partial charge in [-0.05, 0) is 30.3 Å².